The molecule has 1 amide bonds. The molecule has 0 aliphatic heterocycles. The van der Waals surface area contributed by atoms with Gasteiger partial charge in [0, 0.05) is 6.20 Å². The summed E-state index contributed by atoms with van der Waals surface area (Å²) < 4.78 is 24.5. The van der Waals surface area contributed by atoms with Crippen LogP contribution in [0.5, 0.6) is 0 Å². The van der Waals surface area contributed by atoms with Gasteiger partial charge in [-0.25, -0.2) is 4.39 Å². The molecular formula is C18H11FN4O3. The Bertz CT molecular complexity index is 1060. The average Bonchev–Trinajstić information content (AvgIpc) is 3.34. The number of rotatable bonds is 4. The van der Waals surface area contributed by atoms with Crippen LogP contribution in [-0.4, -0.2) is 21.1 Å². The second-order valence-corrected chi connectivity index (χ2v) is 5.29. The van der Waals surface area contributed by atoms with E-state index in [9.17, 15) is 9.18 Å². The Balaban J connectivity index is 1.57. The maximum absolute atomic E-state index is 13.7. The number of amides is 1. The standard InChI is InChI=1S/C18H11FN4O3/c19-14-5-2-1-4-13(14)16(24)21-12-8-11(9-20-10-12)17-22-23-18(26-17)15-6-3-7-25-15/h1-10H,(H,21,24). The summed E-state index contributed by atoms with van der Waals surface area (Å²) in [6.07, 6.45) is 4.45. The maximum Gasteiger partial charge on any atom is 0.283 e. The summed E-state index contributed by atoms with van der Waals surface area (Å²) in [4.78, 5) is 16.2. The number of hydrogen-bond donors (Lipinski definition) is 1. The van der Waals surface area contributed by atoms with Gasteiger partial charge < -0.3 is 14.2 Å². The Hall–Kier alpha value is -3.81. The first-order chi connectivity index (χ1) is 12.7. The van der Waals surface area contributed by atoms with Gasteiger partial charge >= 0.3 is 0 Å². The molecule has 0 saturated heterocycles. The van der Waals surface area contributed by atoms with Crippen molar-refractivity contribution in [3.05, 3.63) is 72.5 Å². The van der Waals surface area contributed by atoms with Crippen molar-refractivity contribution >= 4 is 11.6 Å². The summed E-state index contributed by atoms with van der Waals surface area (Å²) >= 11 is 0. The number of anilines is 1. The predicted molar refractivity (Wildman–Crippen MR) is 89.6 cm³/mol. The van der Waals surface area contributed by atoms with E-state index < -0.39 is 11.7 Å². The molecule has 7 nitrogen and oxygen atoms in total. The normalized spacial score (nSPS) is 10.7. The Morgan fingerprint density at radius 3 is 2.69 bits per heavy atom. The number of carbonyl (C=O) groups excluding carboxylic acids is 1. The molecule has 3 aromatic heterocycles. The Kier molecular flexibility index (Phi) is 3.98. The third-order valence-corrected chi connectivity index (χ3v) is 3.52. The zero-order chi connectivity index (χ0) is 17.9. The fourth-order valence-electron chi connectivity index (χ4n) is 2.31. The van der Waals surface area contributed by atoms with Gasteiger partial charge in [0.15, 0.2) is 5.76 Å². The van der Waals surface area contributed by atoms with Crippen LogP contribution in [0.1, 0.15) is 10.4 Å². The lowest BCUT2D eigenvalue weighted by Crippen LogP contribution is -2.13. The lowest BCUT2D eigenvalue weighted by Gasteiger charge is -2.06. The highest BCUT2D eigenvalue weighted by Crippen LogP contribution is 2.25. The number of halogens is 1. The number of nitrogens with zero attached hydrogens (tertiary/aromatic N) is 3. The van der Waals surface area contributed by atoms with E-state index in [0.29, 0.717) is 17.0 Å². The van der Waals surface area contributed by atoms with Gasteiger partial charge in [-0.3, -0.25) is 9.78 Å². The molecule has 8 heteroatoms. The lowest BCUT2D eigenvalue weighted by atomic mass is 10.2. The van der Waals surface area contributed by atoms with Gasteiger partial charge in [-0.15, -0.1) is 10.2 Å². The van der Waals surface area contributed by atoms with Gasteiger partial charge in [-0.1, -0.05) is 12.1 Å². The van der Waals surface area contributed by atoms with Crippen LogP contribution < -0.4 is 5.32 Å². The molecule has 1 N–H and O–H groups in total. The zero-order valence-electron chi connectivity index (χ0n) is 13.2. The highest BCUT2D eigenvalue weighted by molar-refractivity contribution is 6.04. The summed E-state index contributed by atoms with van der Waals surface area (Å²) in [6, 6.07) is 10.7. The molecule has 26 heavy (non-hydrogen) atoms. The Morgan fingerprint density at radius 2 is 1.88 bits per heavy atom. The Labute approximate surface area is 146 Å². The number of pyridine rings is 1. The van der Waals surface area contributed by atoms with Crippen LogP contribution in [0.25, 0.3) is 23.1 Å². The highest BCUT2D eigenvalue weighted by atomic mass is 19.1. The predicted octanol–water partition coefficient (Wildman–Crippen LogP) is 3.78. The minimum atomic E-state index is -0.603. The number of nitrogens with one attached hydrogen (secondary N) is 1. The van der Waals surface area contributed by atoms with Gasteiger partial charge in [-0.05, 0) is 30.3 Å². The minimum Gasteiger partial charge on any atom is -0.459 e. The molecule has 0 fully saturated rings. The van der Waals surface area contributed by atoms with E-state index in [0.717, 1.165) is 0 Å². The van der Waals surface area contributed by atoms with E-state index in [-0.39, 0.29) is 17.3 Å². The SMILES string of the molecule is O=C(Nc1cncc(-c2nnc(-c3ccco3)o2)c1)c1ccccc1F. The molecule has 0 atom stereocenters. The molecule has 128 valence electrons. The van der Waals surface area contributed by atoms with E-state index in [1.807, 2.05) is 0 Å². The first kappa shape index (κ1) is 15.7. The monoisotopic (exact) mass is 350 g/mol. The third kappa shape index (κ3) is 3.07. The van der Waals surface area contributed by atoms with Crippen LogP contribution in [0.4, 0.5) is 10.1 Å². The lowest BCUT2D eigenvalue weighted by molar-refractivity contribution is 0.102. The molecule has 3 heterocycles. The van der Waals surface area contributed by atoms with E-state index in [1.54, 1.807) is 24.3 Å². The number of benzene rings is 1. The first-order valence-electron chi connectivity index (χ1n) is 7.59. The summed E-state index contributed by atoms with van der Waals surface area (Å²) in [6.45, 7) is 0. The van der Waals surface area contributed by atoms with Crippen LogP contribution in [0.2, 0.25) is 0 Å². The topological polar surface area (TPSA) is 94.1 Å². The second kappa shape index (κ2) is 6.60. The van der Waals surface area contributed by atoms with E-state index in [1.165, 1.54) is 36.9 Å². The van der Waals surface area contributed by atoms with Crippen molar-refractivity contribution in [2.45, 2.75) is 0 Å². The van der Waals surface area contributed by atoms with Crippen LogP contribution >= 0.6 is 0 Å². The first-order valence-corrected chi connectivity index (χ1v) is 7.59. The zero-order valence-corrected chi connectivity index (χ0v) is 13.2. The third-order valence-electron chi connectivity index (χ3n) is 3.52. The molecule has 0 bridgehead atoms. The number of furan rings is 1. The van der Waals surface area contributed by atoms with Gasteiger partial charge in [-0.2, -0.15) is 0 Å². The quantitative estimate of drug-likeness (QED) is 0.602. The molecule has 4 rings (SSSR count). The fraction of sp³-hybridized carbons (Fsp3) is 0. The molecule has 1 aromatic carbocycles. The molecule has 0 unspecified atom stereocenters. The summed E-state index contributed by atoms with van der Waals surface area (Å²) in [5.74, 6) is -0.296. The van der Waals surface area contributed by atoms with Crippen molar-refractivity contribution < 1.29 is 18.0 Å². The van der Waals surface area contributed by atoms with Crippen LogP contribution in [0.15, 0.2) is 70.0 Å². The molecule has 0 saturated carbocycles. The molecule has 0 radical (unpaired) electrons. The van der Waals surface area contributed by atoms with Crippen molar-refractivity contribution in [1.29, 1.82) is 0 Å². The van der Waals surface area contributed by atoms with E-state index >= 15 is 0 Å². The van der Waals surface area contributed by atoms with Gasteiger partial charge in [0.05, 0.1) is 29.3 Å². The van der Waals surface area contributed by atoms with Gasteiger partial charge in [0.25, 0.3) is 11.8 Å². The van der Waals surface area contributed by atoms with Crippen LogP contribution in [0.3, 0.4) is 0 Å². The smallest absolute Gasteiger partial charge is 0.283 e. The van der Waals surface area contributed by atoms with Crippen molar-refractivity contribution in [3.63, 3.8) is 0 Å². The second-order valence-electron chi connectivity index (χ2n) is 5.29. The largest absolute Gasteiger partial charge is 0.459 e. The Morgan fingerprint density at radius 1 is 1.04 bits per heavy atom. The minimum absolute atomic E-state index is 0.0594. The molecule has 0 spiro atoms. The van der Waals surface area contributed by atoms with Crippen molar-refractivity contribution in [1.82, 2.24) is 15.2 Å². The van der Waals surface area contributed by atoms with E-state index in [2.05, 4.69) is 20.5 Å². The molecular weight excluding hydrogens is 339 g/mol. The van der Waals surface area contributed by atoms with Gasteiger partial charge in [0.2, 0.25) is 5.89 Å². The number of carbonyl (C=O) groups is 1. The van der Waals surface area contributed by atoms with Crippen molar-refractivity contribution in [3.8, 4) is 23.1 Å². The average molecular weight is 350 g/mol. The molecule has 0 aliphatic rings. The summed E-state index contributed by atoms with van der Waals surface area (Å²) in [7, 11) is 0. The highest BCUT2D eigenvalue weighted by Gasteiger charge is 2.15. The number of hydrogen-bond acceptors (Lipinski definition) is 6. The van der Waals surface area contributed by atoms with Gasteiger partial charge in [0.1, 0.15) is 5.82 Å². The van der Waals surface area contributed by atoms with Crippen LogP contribution in [0, 0.1) is 5.82 Å². The van der Waals surface area contributed by atoms with Crippen LogP contribution in [-0.2, 0) is 0 Å². The van der Waals surface area contributed by atoms with Crippen molar-refractivity contribution in [2.75, 3.05) is 5.32 Å². The number of aromatic nitrogens is 3. The molecule has 4 aromatic rings. The van der Waals surface area contributed by atoms with Crippen molar-refractivity contribution in [2.24, 2.45) is 0 Å². The maximum atomic E-state index is 13.7. The van der Waals surface area contributed by atoms with E-state index in [4.69, 9.17) is 8.83 Å². The summed E-state index contributed by atoms with van der Waals surface area (Å²) in [5, 5.41) is 10.4. The fourth-order valence-corrected chi connectivity index (χ4v) is 2.31. The summed E-state index contributed by atoms with van der Waals surface area (Å²) in [5.41, 5.74) is 0.811. The molecule has 0 aliphatic carbocycles.